The molecule has 1 nitrogen and oxygen atoms in total. The Balaban J connectivity index is 3.26. The molecule has 2 unspecified atom stereocenters. The molecule has 0 aromatic carbocycles. The maximum absolute atomic E-state index is 5.40. The Morgan fingerprint density at radius 3 is 1.73 bits per heavy atom. The van der Waals surface area contributed by atoms with E-state index in [9.17, 15) is 0 Å². The molecule has 0 bridgehead atoms. The maximum atomic E-state index is 5.40. The second kappa shape index (κ2) is 6.17. The van der Waals surface area contributed by atoms with Crippen molar-refractivity contribution in [2.45, 2.75) is 13.8 Å². The molecule has 1 heteroatoms. The molecule has 0 aromatic heterocycles. The third kappa shape index (κ3) is 5.86. The quantitative estimate of drug-likeness (QED) is 0.534. The summed E-state index contributed by atoms with van der Waals surface area (Å²) in [5.74, 6) is 0.902. The molecule has 0 amide bonds. The van der Waals surface area contributed by atoms with E-state index < -0.39 is 0 Å². The van der Waals surface area contributed by atoms with E-state index in [0.717, 1.165) is 13.2 Å². The molecular weight excluding hydrogens is 136 g/mol. The van der Waals surface area contributed by atoms with Crippen LogP contribution in [0.2, 0.25) is 0 Å². The molecule has 0 spiro atoms. The summed E-state index contributed by atoms with van der Waals surface area (Å²) in [7, 11) is 0. The van der Waals surface area contributed by atoms with Gasteiger partial charge in [-0.15, -0.1) is 13.2 Å². The lowest BCUT2D eigenvalue weighted by Crippen LogP contribution is -2.08. The van der Waals surface area contributed by atoms with Gasteiger partial charge in [-0.2, -0.15) is 0 Å². The van der Waals surface area contributed by atoms with Crippen LogP contribution in [0.25, 0.3) is 0 Å². The molecule has 0 rings (SSSR count). The van der Waals surface area contributed by atoms with Crippen molar-refractivity contribution in [2.24, 2.45) is 11.8 Å². The zero-order chi connectivity index (χ0) is 8.69. The Morgan fingerprint density at radius 2 is 1.45 bits per heavy atom. The van der Waals surface area contributed by atoms with Crippen LogP contribution in [0.15, 0.2) is 25.3 Å². The van der Waals surface area contributed by atoms with Crippen LogP contribution in [-0.4, -0.2) is 13.2 Å². The molecule has 64 valence electrons. The predicted octanol–water partition coefficient (Wildman–Crippen LogP) is 2.65. The normalized spacial score (nSPS) is 15.5. The van der Waals surface area contributed by atoms with Crippen molar-refractivity contribution in [3.8, 4) is 0 Å². The van der Waals surface area contributed by atoms with E-state index in [4.69, 9.17) is 4.74 Å². The summed E-state index contributed by atoms with van der Waals surface area (Å²) in [5, 5.41) is 0. The first-order chi connectivity index (χ1) is 5.20. The predicted molar refractivity (Wildman–Crippen MR) is 49.5 cm³/mol. The van der Waals surface area contributed by atoms with E-state index in [0.29, 0.717) is 11.8 Å². The lowest BCUT2D eigenvalue weighted by molar-refractivity contribution is 0.101. The van der Waals surface area contributed by atoms with E-state index >= 15 is 0 Å². The highest BCUT2D eigenvalue weighted by molar-refractivity contribution is 4.76. The minimum absolute atomic E-state index is 0.451. The largest absolute Gasteiger partial charge is 0.380 e. The van der Waals surface area contributed by atoms with Gasteiger partial charge < -0.3 is 4.74 Å². The summed E-state index contributed by atoms with van der Waals surface area (Å²) in [5.41, 5.74) is 0. The average Bonchev–Trinajstić information content (AvgIpc) is 2.04. The number of rotatable bonds is 6. The van der Waals surface area contributed by atoms with E-state index in [1.807, 2.05) is 12.2 Å². The van der Waals surface area contributed by atoms with Gasteiger partial charge in [-0.05, 0) is 11.8 Å². The first kappa shape index (κ1) is 10.4. The summed E-state index contributed by atoms with van der Waals surface area (Å²) in [6.07, 6.45) is 3.80. The third-order valence-corrected chi connectivity index (χ3v) is 1.57. The summed E-state index contributed by atoms with van der Waals surface area (Å²) in [6, 6.07) is 0. The van der Waals surface area contributed by atoms with Gasteiger partial charge in [0.1, 0.15) is 0 Å². The van der Waals surface area contributed by atoms with Crippen molar-refractivity contribution >= 4 is 0 Å². The fraction of sp³-hybridized carbons (Fsp3) is 0.600. The fourth-order valence-corrected chi connectivity index (χ4v) is 0.576. The molecule has 0 aliphatic rings. The van der Waals surface area contributed by atoms with Gasteiger partial charge in [0.15, 0.2) is 0 Å². The lowest BCUT2D eigenvalue weighted by atomic mass is 10.2. The Hall–Kier alpha value is -0.560. The second-order valence-electron chi connectivity index (χ2n) is 2.96. The SMILES string of the molecule is C=CC(C)COCC(C)C=C. The van der Waals surface area contributed by atoms with E-state index in [1.54, 1.807) is 0 Å². The van der Waals surface area contributed by atoms with Crippen LogP contribution in [0.4, 0.5) is 0 Å². The molecule has 0 aliphatic carbocycles. The zero-order valence-electron chi connectivity index (χ0n) is 7.55. The molecular formula is C10H18O. The molecule has 0 saturated carbocycles. The Bertz CT molecular complexity index is 104. The molecule has 0 heterocycles. The van der Waals surface area contributed by atoms with Gasteiger partial charge in [-0.1, -0.05) is 26.0 Å². The second-order valence-corrected chi connectivity index (χ2v) is 2.96. The molecule has 0 radical (unpaired) electrons. The van der Waals surface area contributed by atoms with Crippen LogP contribution in [0.5, 0.6) is 0 Å². The lowest BCUT2D eigenvalue weighted by Gasteiger charge is -2.09. The van der Waals surface area contributed by atoms with E-state index in [1.165, 1.54) is 0 Å². The monoisotopic (exact) mass is 154 g/mol. The van der Waals surface area contributed by atoms with Gasteiger partial charge in [-0.3, -0.25) is 0 Å². The molecule has 0 N–H and O–H groups in total. The summed E-state index contributed by atoms with van der Waals surface area (Å²) < 4.78 is 5.40. The van der Waals surface area contributed by atoms with Crippen molar-refractivity contribution in [3.05, 3.63) is 25.3 Å². The molecule has 0 aliphatic heterocycles. The smallest absolute Gasteiger partial charge is 0.0526 e. The average molecular weight is 154 g/mol. The van der Waals surface area contributed by atoms with Crippen LogP contribution < -0.4 is 0 Å². The highest BCUT2D eigenvalue weighted by Crippen LogP contribution is 2.00. The Kier molecular flexibility index (Phi) is 5.86. The highest BCUT2D eigenvalue weighted by Gasteiger charge is 1.98. The minimum Gasteiger partial charge on any atom is -0.380 e. The van der Waals surface area contributed by atoms with E-state index in [2.05, 4.69) is 27.0 Å². The van der Waals surface area contributed by atoms with Gasteiger partial charge in [0.25, 0.3) is 0 Å². The molecule has 0 aromatic rings. The van der Waals surface area contributed by atoms with Gasteiger partial charge >= 0.3 is 0 Å². The third-order valence-electron chi connectivity index (χ3n) is 1.57. The number of hydrogen-bond acceptors (Lipinski definition) is 1. The first-order valence-electron chi connectivity index (χ1n) is 4.03. The van der Waals surface area contributed by atoms with Crippen molar-refractivity contribution in [2.75, 3.05) is 13.2 Å². The minimum atomic E-state index is 0.451. The summed E-state index contributed by atoms with van der Waals surface area (Å²) in [6.45, 7) is 13.1. The van der Waals surface area contributed by atoms with Crippen LogP contribution in [0.1, 0.15) is 13.8 Å². The van der Waals surface area contributed by atoms with Gasteiger partial charge in [0.2, 0.25) is 0 Å². The summed E-state index contributed by atoms with van der Waals surface area (Å²) >= 11 is 0. The van der Waals surface area contributed by atoms with E-state index in [-0.39, 0.29) is 0 Å². The van der Waals surface area contributed by atoms with Crippen molar-refractivity contribution in [1.82, 2.24) is 0 Å². The molecule has 0 saturated heterocycles. The van der Waals surface area contributed by atoms with Crippen LogP contribution in [0, 0.1) is 11.8 Å². The molecule has 2 atom stereocenters. The highest BCUT2D eigenvalue weighted by atomic mass is 16.5. The topological polar surface area (TPSA) is 9.23 Å². The van der Waals surface area contributed by atoms with Gasteiger partial charge in [0, 0.05) is 0 Å². The zero-order valence-corrected chi connectivity index (χ0v) is 7.55. The van der Waals surface area contributed by atoms with Crippen LogP contribution in [0.3, 0.4) is 0 Å². The molecule has 11 heavy (non-hydrogen) atoms. The van der Waals surface area contributed by atoms with Gasteiger partial charge in [0.05, 0.1) is 13.2 Å². The van der Waals surface area contributed by atoms with Crippen LogP contribution in [-0.2, 0) is 4.74 Å². The fourth-order valence-electron chi connectivity index (χ4n) is 0.576. The van der Waals surface area contributed by atoms with Crippen molar-refractivity contribution in [3.63, 3.8) is 0 Å². The maximum Gasteiger partial charge on any atom is 0.0526 e. The number of hydrogen-bond donors (Lipinski definition) is 0. The van der Waals surface area contributed by atoms with Crippen molar-refractivity contribution in [1.29, 1.82) is 0 Å². The first-order valence-corrected chi connectivity index (χ1v) is 4.03. The molecule has 0 fully saturated rings. The van der Waals surface area contributed by atoms with Gasteiger partial charge in [-0.25, -0.2) is 0 Å². The van der Waals surface area contributed by atoms with Crippen molar-refractivity contribution < 1.29 is 4.74 Å². The number of ether oxygens (including phenoxy) is 1. The van der Waals surface area contributed by atoms with Crippen LogP contribution >= 0.6 is 0 Å². The Morgan fingerprint density at radius 1 is 1.09 bits per heavy atom. The standard InChI is InChI=1S/C10H18O/c1-5-9(3)7-11-8-10(4)6-2/h5-6,9-10H,1-2,7-8H2,3-4H3. The summed E-state index contributed by atoms with van der Waals surface area (Å²) in [4.78, 5) is 0. The Labute approximate surface area is 69.8 Å².